The van der Waals surface area contributed by atoms with E-state index in [0.29, 0.717) is 6.54 Å². The molecule has 0 unspecified atom stereocenters. The van der Waals surface area contributed by atoms with Gasteiger partial charge in [-0.25, -0.2) is 4.98 Å². The average molecular weight is 274 g/mol. The van der Waals surface area contributed by atoms with Crippen LogP contribution < -0.4 is 0 Å². The van der Waals surface area contributed by atoms with E-state index >= 15 is 0 Å². The third-order valence-electron chi connectivity index (χ3n) is 3.19. The Morgan fingerprint density at radius 2 is 2.16 bits per heavy atom. The largest absolute Gasteiger partial charge is 0.480 e. The van der Waals surface area contributed by atoms with E-state index < -0.39 is 5.97 Å². The molecule has 1 aliphatic rings. The smallest absolute Gasteiger partial charge is 0.317 e. The monoisotopic (exact) mass is 274 g/mol. The van der Waals surface area contributed by atoms with Crippen LogP contribution in [0.4, 0.5) is 0 Å². The van der Waals surface area contributed by atoms with Crippen molar-refractivity contribution in [2.75, 3.05) is 13.1 Å². The lowest BCUT2D eigenvalue weighted by molar-refractivity contribution is -0.138. The summed E-state index contributed by atoms with van der Waals surface area (Å²) in [6.07, 6.45) is 0.839. The Balaban J connectivity index is 1.83. The molecule has 0 amide bonds. The lowest BCUT2D eigenvalue weighted by atomic mass is 10.2. The van der Waals surface area contributed by atoms with Crippen LogP contribution in [-0.2, 0) is 17.8 Å². The lowest BCUT2D eigenvalue weighted by Crippen LogP contribution is -2.34. The van der Waals surface area contributed by atoms with E-state index in [9.17, 15) is 4.79 Å². The van der Waals surface area contributed by atoms with Crippen LogP contribution in [0.3, 0.4) is 0 Å². The number of aromatic nitrogens is 1. The maximum atomic E-state index is 10.8. The molecule has 1 aliphatic heterocycles. The summed E-state index contributed by atoms with van der Waals surface area (Å²) in [6, 6.07) is 10.1. The summed E-state index contributed by atoms with van der Waals surface area (Å²) in [5.74, 6) is -0.767. The summed E-state index contributed by atoms with van der Waals surface area (Å²) in [5.41, 5.74) is 2.26. The van der Waals surface area contributed by atoms with Gasteiger partial charge in [0, 0.05) is 30.0 Å². The summed E-state index contributed by atoms with van der Waals surface area (Å²) in [7, 11) is 0. The number of hydrogen-bond donors (Lipinski definition) is 1. The first kappa shape index (κ1) is 12.3. The summed E-state index contributed by atoms with van der Waals surface area (Å²) < 4.78 is 0. The highest BCUT2D eigenvalue weighted by Crippen LogP contribution is 2.31. The van der Waals surface area contributed by atoms with Gasteiger partial charge in [-0.15, -0.1) is 11.3 Å². The second kappa shape index (κ2) is 5.11. The molecule has 0 bridgehead atoms. The van der Waals surface area contributed by atoms with Gasteiger partial charge in [-0.3, -0.25) is 9.69 Å². The summed E-state index contributed by atoms with van der Waals surface area (Å²) in [5, 5.41) is 9.87. The first-order valence-electron chi connectivity index (χ1n) is 6.20. The number of carboxylic acid groups (broad SMARTS) is 1. The Hall–Kier alpha value is -1.72. The van der Waals surface area contributed by atoms with Gasteiger partial charge in [0.2, 0.25) is 0 Å². The van der Waals surface area contributed by atoms with Crippen LogP contribution in [0.15, 0.2) is 30.3 Å². The highest BCUT2D eigenvalue weighted by Gasteiger charge is 2.22. The van der Waals surface area contributed by atoms with Crippen LogP contribution in [0.1, 0.15) is 10.6 Å². The van der Waals surface area contributed by atoms with Crippen LogP contribution >= 0.6 is 11.3 Å². The van der Waals surface area contributed by atoms with Gasteiger partial charge in [0.1, 0.15) is 5.01 Å². The van der Waals surface area contributed by atoms with Gasteiger partial charge in [0.15, 0.2) is 0 Å². The number of carbonyl (C=O) groups is 1. The van der Waals surface area contributed by atoms with E-state index in [-0.39, 0.29) is 6.54 Å². The molecule has 0 fully saturated rings. The standard InChI is InChI=1S/C14H14N2O2S/c17-13(18)9-16-7-6-11-12(8-16)19-14(15-11)10-4-2-1-3-5-10/h1-5H,6-9H2,(H,17,18). The maximum absolute atomic E-state index is 10.8. The molecule has 2 heterocycles. The van der Waals surface area contributed by atoms with Crippen molar-refractivity contribution in [3.05, 3.63) is 40.9 Å². The quantitative estimate of drug-likeness (QED) is 0.932. The highest BCUT2D eigenvalue weighted by atomic mass is 32.1. The highest BCUT2D eigenvalue weighted by molar-refractivity contribution is 7.15. The molecule has 1 aromatic heterocycles. The van der Waals surface area contributed by atoms with Crippen molar-refractivity contribution in [2.24, 2.45) is 0 Å². The van der Waals surface area contributed by atoms with Crippen LogP contribution in [0.5, 0.6) is 0 Å². The second-order valence-corrected chi connectivity index (χ2v) is 5.69. The van der Waals surface area contributed by atoms with Gasteiger partial charge < -0.3 is 5.11 Å². The van der Waals surface area contributed by atoms with Crippen LogP contribution in [-0.4, -0.2) is 34.0 Å². The van der Waals surface area contributed by atoms with E-state index in [0.717, 1.165) is 29.2 Å². The Kier molecular flexibility index (Phi) is 3.31. The van der Waals surface area contributed by atoms with E-state index in [4.69, 9.17) is 5.11 Å². The zero-order valence-corrected chi connectivity index (χ0v) is 11.2. The number of rotatable bonds is 3. The fraction of sp³-hybridized carbons (Fsp3) is 0.286. The normalized spacial score (nSPS) is 15.2. The zero-order chi connectivity index (χ0) is 13.2. The minimum atomic E-state index is -0.767. The van der Waals surface area contributed by atoms with Crippen molar-refractivity contribution in [3.8, 4) is 10.6 Å². The SMILES string of the molecule is O=C(O)CN1CCc2nc(-c3ccccc3)sc2C1. The molecule has 0 atom stereocenters. The molecule has 2 aromatic rings. The van der Waals surface area contributed by atoms with Gasteiger partial charge in [-0.05, 0) is 0 Å². The Labute approximate surface area is 115 Å². The molecule has 19 heavy (non-hydrogen) atoms. The van der Waals surface area contributed by atoms with Crippen molar-refractivity contribution in [1.82, 2.24) is 9.88 Å². The molecule has 0 radical (unpaired) electrons. The van der Waals surface area contributed by atoms with Crippen molar-refractivity contribution in [1.29, 1.82) is 0 Å². The van der Waals surface area contributed by atoms with E-state index in [1.165, 1.54) is 4.88 Å². The summed E-state index contributed by atoms with van der Waals surface area (Å²) >= 11 is 1.67. The molecule has 1 N–H and O–H groups in total. The van der Waals surface area contributed by atoms with Crippen LogP contribution in [0.25, 0.3) is 10.6 Å². The third kappa shape index (κ3) is 2.67. The van der Waals surface area contributed by atoms with Crippen molar-refractivity contribution >= 4 is 17.3 Å². The predicted octanol–water partition coefficient (Wildman–Crippen LogP) is 2.25. The van der Waals surface area contributed by atoms with Gasteiger partial charge in [-0.2, -0.15) is 0 Å². The Bertz CT molecular complexity index is 595. The molecule has 0 spiro atoms. The van der Waals surface area contributed by atoms with Crippen LogP contribution in [0, 0.1) is 0 Å². The lowest BCUT2D eigenvalue weighted by Gasteiger charge is -2.23. The summed E-state index contributed by atoms with van der Waals surface area (Å²) in [6.45, 7) is 1.58. The molecule has 1 aromatic carbocycles. The van der Waals surface area contributed by atoms with Crippen LogP contribution in [0.2, 0.25) is 0 Å². The predicted molar refractivity (Wildman–Crippen MR) is 74.2 cm³/mol. The fourth-order valence-electron chi connectivity index (χ4n) is 2.28. The molecule has 0 saturated heterocycles. The fourth-order valence-corrected chi connectivity index (χ4v) is 3.43. The van der Waals surface area contributed by atoms with E-state index in [1.54, 1.807) is 11.3 Å². The van der Waals surface area contributed by atoms with Gasteiger partial charge in [-0.1, -0.05) is 30.3 Å². The number of fused-ring (bicyclic) bond motifs is 1. The number of thiazole rings is 1. The van der Waals surface area contributed by atoms with Gasteiger partial charge in [0.25, 0.3) is 0 Å². The molecule has 98 valence electrons. The maximum Gasteiger partial charge on any atom is 0.317 e. The number of hydrogen-bond acceptors (Lipinski definition) is 4. The van der Waals surface area contributed by atoms with Crippen molar-refractivity contribution < 1.29 is 9.90 Å². The number of aliphatic carboxylic acids is 1. The number of benzene rings is 1. The number of nitrogens with zero attached hydrogens (tertiary/aromatic N) is 2. The van der Waals surface area contributed by atoms with E-state index in [2.05, 4.69) is 17.1 Å². The Morgan fingerprint density at radius 3 is 2.89 bits per heavy atom. The molecule has 3 rings (SSSR count). The molecule has 5 heteroatoms. The third-order valence-corrected chi connectivity index (χ3v) is 4.32. The Morgan fingerprint density at radius 1 is 1.37 bits per heavy atom. The number of carboxylic acids is 1. The van der Waals surface area contributed by atoms with Gasteiger partial charge >= 0.3 is 5.97 Å². The van der Waals surface area contributed by atoms with Gasteiger partial charge in [0.05, 0.1) is 12.2 Å². The molecular weight excluding hydrogens is 260 g/mol. The molecule has 0 saturated carbocycles. The van der Waals surface area contributed by atoms with Crippen molar-refractivity contribution in [3.63, 3.8) is 0 Å². The average Bonchev–Trinajstić information content (AvgIpc) is 2.82. The van der Waals surface area contributed by atoms with Crippen molar-refractivity contribution in [2.45, 2.75) is 13.0 Å². The minimum Gasteiger partial charge on any atom is -0.480 e. The first-order chi connectivity index (χ1) is 9.22. The first-order valence-corrected chi connectivity index (χ1v) is 7.02. The second-order valence-electron chi connectivity index (χ2n) is 4.61. The summed E-state index contributed by atoms with van der Waals surface area (Å²) in [4.78, 5) is 18.6. The molecule has 4 nitrogen and oxygen atoms in total. The van der Waals surface area contributed by atoms with E-state index in [1.807, 2.05) is 23.1 Å². The zero-order valence-electron chi connectivity index (χ0n) is 10.4. The topological polar surface area (TPSA) is 53.4 Å². The molecule has 0 aliphatic carbocycles. The minimum absolute atomic E-state index is 0.109. The molecular formula is C14H14N2O2S.